The first kappa shape index (κ1) is 16.0. The van der Waals surface area contributed by atoms with E-state index in [1.54, 1.807) is 12.1 Å². The lowest BCUT2D eigenvalue weighted by molar-refractivity contribution is -0.0226. The molecule has 0 radical (unpaired) electrons. The van der Waals surface area contributed by atoms with Gasteiger partial charge in [-0.2, -0.15) is 0 Å². The number of carbonyl (C=O) groups is 1. The number of pyridine rings is 1. The van der Waals surface area contributed by atoms with Crippen LogP contribution in [0, 0.1) is 0 Å². The average Bonchev–Trinajstić information content (AvgIpc) is 2.51. The molecule has 1 aliphatic heterocycles. The Kier molecular flexibility index (Phi) is 5.82. The highest BCUT2D eigenvalue weighted by molar-refractivity contribution is 6.29. The number of amides is 1. The summed E-state index contributed by atoms with van der Waals surface area (Å²) in [5.74, 6) is 0.633. The third-order valence-corrected chi connectivity index (χ3v) is 3.67. The van der Waals surface area contributed by atoms with Crippen molar-refractivity contribution in [2.24, 2.45) is 0 Å². The van der Waals surface area contributed by atoms with E-state index in [0.29, 0.717) is 36.2 Å². The number of rotatable bonds is 5. The molecule has 21 heavy (non-hydrogen) atoms. The lowest BCUT2D eigenvalue weighted by Crippen LogP contribution is -2.45. The summed E-state index contributed by atoms with van der Waals surface area (Å²) < 4.78 is 5.60. The van der Waals surface area contributed by atoms with Gasteiger partial charge in [0.25, 0.3) is 5.91 Å². The maximum Gasteiger partial charge on any atom is 0.254 e. The molecule has 1 fully saturated rings. The SMILES string of the molecule is CCCNc1cc(C(=O)N2CCOC(CC)C2)cc(Cl)n1. The van der Waals surface area contributed by atoms with Gasteiger partial charge in [0, 0.05) is 25.2 Å². The summed E-state index contributed by atoms with van der Waals surface area (Å²) in [6.45, 7) is 6.78. The minimum Gasteiger partial charge on any atom is -0.375 e. The Hall–Kier alpha value is -1.33. The van der Waals surface area contributed by atoms with Gasteiger partial charge in [0.1, 0.15) is 11.0 Å². The van der Waals surface area contributed by atoms with Crippen molar-refractivity contribution >= 4 is 23.3 Å². The predicted octanol–water partition coefficient (Wildman–Crippen LogP) is 2.81. The molecule has 0 aliphatic carbocycles. The van der Waals surface area contributed by atoms with E-state index >= 15 is 0 Å². The first-order chi connectivity index (χ1) is 10.1. The third-order valence-electron chi connectivity index (χ3n) is 3.48. The van der Waals surface area contributed by atoms with Crippen LogP contribution in [0.2, 0.25) is 5.15 Å². The molecule has 0 spiro atoms. The number of hydrogen-bond donors (Lipinski definition) is 1. The summed E-state index contributed by atoms with van der Waals surface area (Å²) in [5.41, 5.74) is 0.574. The van der Waals surface area contributed by atoms with Crippen molar-refractivity contribution in [1.82, 2.24) is 9.88 Å². The quantitative estimate of drug-likeness (QED) is 0.850. The van der Waals surface area contributed by atoms with Crippen molar-refractivity contribution in [1.29, 1.82) is 0 Å². The highest BCUT2D eigenvalue weighted by Gasteiger charge is 2.24. The van der Waals surface area contributed by atoms with Crippen molar-refractivity contribution in [3.8, 4) is 0 Å². The van der Waals surface area contributed by atoms with Crippen molar-refractivity contribution in [2.75, 3.05) is 31.6 Å². The summed E-state index contributed by atoms with van der Waals surface area (Å²) in [7, 11) is 0. The highest BCUT2D eigenvalue weighted by atomic mass is 35.5. The smallest absolute Gasteiger partial charge is 0.254 e. The van der Waals surface area contributed by atoms with Gasteiger partial charge in [0.15, 0.2) is 0 Å². The molecule has 1 atom stereocenters. The summed E-state index contributed by atoms with van der Waals surface area (Å²) >= 11 is 6.02. The number of aromatic nitrogens is 1. The van der Waals surface area contributed by atoms with Crippen LogP contribution in [0.1, 0.15) is 37.0 Å². The molecule has 116 valence electrons. The average molecular weight is 312 g/mol. The van der Waals surface area contributed by atoms with Crippen LogP contribution < -0.4 is 5.32 Å². The maximum atomic E-state index is 12.6. The van der Waals surface area contributed by atoms with Crippen molar-refractivity contribution in [3.63, 3.8) is 0 Å². The van der Waals surface area contributed by atoms with Gasteiger partial charge in [-0.3, -0.25) is 4.79 Å². The Balaban J connectivity index is 2.12. The molecule has 2 rings (SSSR count). The summed E-state index contributed by atoms with van der Waals surface area (Å²) in [5, 5.41) is 3.50. The minimum absolute atomic E-state index is 0.0133. The summed E-state index contributed by atoms with van der Waals surface area (Å²) in [4.78, 5) is 18.6. The fourth-order valence-electron chi connectivity index (χ4n) is 2.30. The zero-order chi connectivity index (χ0) is 15.2. The molecule has 5 nitrogen and oxygen atoms in total. The molecule has 1 N–H and O–H groups in total. The monoisotopic (exact) mass is 311 g/mol. The number of nitrogens with one attached hydrogen (secondary N) is 1. The zero-order valence-electron chi connectivity index (χ0n) is 12.6. The first-order valence-corrected chi connectivity index (χ1v) is 7.84. The molecular weight excluding hydrogens is 290 g/mol. The second-order valence-corrected chi connectivity index (χ2v) is 5.53. The van der Waals surface area contributed by atoms with Gasteiger partial charge in [-0.25, -0.2) is 4.98 Å². The largest absolute Gasteiger partial charge is 0.375 e. The summed E-state index contributed by atoms with van der Waals surface area (Å²) in [6.07, 6.45) is 2.02. The van der Waals surface area contributed by atoms with Crippen molar-refractivity contribution in [3.05, 3.63) is 22.8 Å². The molecule has 1 aromatic rings. The molecule has 6 heteroatoms. The van der Waals surface area contributed by atoms with E-state index in [9.17, 15) is 4.79 Å². The van der Waals surface area contributed by atoms with E-state index in [-0.39, 0.29) is 12.0 Å². The van der Waals surface area contributed by atoms with Gasteiger partial charge >= 0.3 is 0 Å². The number of halogens is 1. The Morgan fingerprint density at radius 2 is 2.33 bits per heavy atom. The number of nitrogens with zero attached hydrogens (tertiary/aromatic N) is 2. The molecule has 0 saturated carbocycles. The van der Waals surface area contributed by atoms with E-state index in [2.05, 4.69) is 24.1 Å². The van der Waals surface area contributed by atoms with Crippen LogP contribution in [0.3, 0.4) is 0 Å². The fourth-order valence-corrected chi connectivity index (χ4v) is 2.51. The molecule has 1 aromatic heterocycles. The first-order valence-electron chi connectivity index (χ1n) is 7.46. The van der Waals surface area contributed by atoms with Crippen LogP contribution in [0.5, 0.6) is 0 Å². The Morgan fingerprint density at radius 1 is 1.52 bits per heavy atom. The van der Waals surface area contributed by atoms with Crippen molar-refractivity contribution < 1.29 is 9.53 Å². The molecule has 1 aliphatic rings. The Labute approximate surface area is 130 Å². The van der Waals surface area contributed by atoms with Gasteiger partial charge in [0.2, 0.25) is 0 Å². The van der Waals surface area contributed by atoms with E-state index in [4.69, 9.17) is 16.3 Å². The third kappa shape index (κ3) is 4.32. The molecule has 1 saturated heterocycles. The van der Waals surface area contributed by atoms with Crippen molar-refractivity contribution in [2.45, 2.75) is 32.8 Å². The molecule has 0 bridgehead atoms. The van der Waals surface area contributed by atoms with Crippen LogP contribution in [-0.4, -0.2) is 48.1 Å². The zero-order valence-corrected chi connectivity index (χ0v) is 13.3. The predicted molar refractivity (Wildman–Crippen MR) is 84.0 cm³/mol. The molecule has 1 unspecified atom stereocenters. The Bertz CT molecular complexity index is 496. The second-order valence-electron chi connectivity index (χ2n) is 5.14. The Morgan fingerprint density at radius 3 is 3.05 bits per heavy atom. The topological polar surface area (TPSA) is 54.5 Å². The van der Waals surface area contributed by atoms with Crippen LogP contribution in [-0.2, 0) is 4.74 Å². The van der Waals surface area contributed by atoms with E-state index in [0.717, 1.165) is 19.4 Å². The summed E-state index contributed by atoms with van der Waals surface area (Å²) in [6, 6.07) is 3.39. The molecule has 0 aromatic carbocycles. The highest BCUT2D eigenvalue weighted by Crippen LogP contribution is 2.18. The van der Waals surface area contributed by atoms with Gasteiger partial charge in [0.05, 0.1) is 12.7 Å². The lowest BCUT2D eigenvalue weighted by atomic mass is 10.1. The molecular formula is C15H22ClN3O2. The maximum absolute atomic E-state index is 12.6. The van der Waals surface area contributed by atoms with E-state index in [1.165, 1.54) is 0 Å². The number of carbonyl (C=O) groups excluding carboxylic acids is 1. The van der Waals surface area contributed by atoms with Gasteiger partial charge in [-0.1, -0.05) is 25.4 Å². The minimum atomic E-state index is -0.0133. The fraction of sp³-hybridized carbons (Fsp3) is 0.600. The number of hydrogen-bond acceptors (Lipinski definition) is 4. The lowest BCUT2D eigenvalue weighted by Gasteiger charge is -2.32. The number of anilines is 1. The number of ether oxygens (including phenoxy) is 1. The molecule has 1 amide bonds. The van der Waals surface area contributed by atoms with E-state index in [1.807, 2.05) is 4.90 Å². The van der Waals surface area contributed by atoms with Crippen LogP contribution in [0.15, 0.2) is 12.1 Å². The van der Waals surface area contributed by atoms with E-state index < -0.39 is 0 Å². The van der Waals surface area contributed by atoms with Gasteiger partial charge < -0.3 is 15.0 Å². The normalized spacial score (nSPS) is 18.6. The second kappa shape index (κ2) is 7.61. The molecule has 2 heterocycles. The van der Waals surface area contributed by atoms with Crippen LogP contribution in [0.25, 0.3) is 0 Å². The number of morpholine rings is 1. The van der Waals surface area contributed by atoms with Gasteiger partial charge in [-0.15, -0.1) is 0 Å². The van der Waals surface area contributed by atoms with Crippen LogP contribution >= 0.6 is 11.6 Å². The standard InChI is InChI=1S/C15H22ClN3O2/c1-3-5-17-14-9-11(8-13(16)18-14)15(20)19-6-7-21-12(4-2)10-19/h8-9,12H,3-7,10H2,1-2H3,(H,17,18). The van der Waals surface area contributed by atoms with Crippen LogP contribution in [0.4, 0.5) is 5.82 Å². The van der Waals surface area contributed by atoms with Gasteiger partial charge in [-0.05, 0) is 25.0 Å².